The molecule has 1 N–H and O–H groups in total. The number of nitrogens with zero attached hydrogens (tertiary/aromatic N) is 4. The Morgan fingerprint density at radius 3 is 2.96 bits per heavy atom. The molecule has 0 spiro atoms. The fourth-order valence-corrected chi connectivity index (χ4v) is 3.90. The maximum Gasteiger partial charge on any atom is 0.287 e. The van der Waals surface area contributed by atoms with Gasteiger partial charge < -0.3 is 14.6 Å². The van der Waals surface area contributed by atoms with Gasteiger partial charge in [0.15, 0.2) is 5.82 Å². The van der Waals surface area contributed by atoms with Gasteiger partial charge in [0.1, 0.15) is 0 Å². The van der Waals surface area contributed by atoms with E-state index in [2.05, 4.69) is 20.2 Å². The summed E-state index contributed by atoms with van der Waals surface area (Å²) in [7, 11) is 1.83. The van der Waals surface area contributed by atoms with E-state index in [1.54, 1.807) is 17.0 Å². The zero-order valence-electron chi connectivity index (χ0n) is 14.3. The Hall–Kier alpha value is -2.25. The average Bonchev–Trinajstić information content (AvgIpc) is 3.21. The minimum Gasteiger partial charge on any atom is -0.374 e. The van der Waals surface area contributed by atoms with Gasteiger partial charge in [-0.2, -0.15) is 0 Å². The van der Waals surface area contributed by atoms with Crippen LogP contribution in [0.4, 0.5) is 0 Å². The largest absolute Gasteiger partial charge is 0.374 e. The number of rotatable bonds is 4. The van der Waals surface area contributed by atoms with Crippen LogP contribution in [0.1, 0.15) is 29.0 Å². The lowest BCUT2D eigenvalue weighted by Gasteiger charge is -2.32. The van der Waals surface area contributed by atoms with E-state index in [-0.39, 0.29) is 18.1 Å². The van der Waals surface area contributed by atoms with Crippen molar-refractivity contribution in [3.63, 3.8) is 0 Å². The van der Waals surface area contributed by atoms with E-state index in [4.69, 9.17) is 4.74 Å². The van der Waals surface area contributed by atoms with E-state index in [0.29, 0.717) is 11.9 Å². The fraction of sp³-hybridized carbons (Fsp3) is 0.500. The molecule has 0 aliphatic carbocycles. The third kappa shape index (κ3) is 3.29. The molecular weight excluding hydrogens is 318 g/mol. The van der Waals surface area contributed by atoms with Gasteiger partial charge in [0, 0.05) is 57.6 Å². The zero-order valence-corrected chi connectivity index (χ0v) is 14.3. The van der Waals surface area contributed by atoms with Crippen LogP contribution < -0.4 is 5.32 Å². The van der Waals surface area contributed by atoms with Gasteiger partial charge in [0.2, 0.25) is 0 Å². The van der Waals surface area contributed by atoms with E-state index < -0.39 is 0 Å². The van der Waals surface area contributed by atoms with Gasteiger partial charge >= 0.3 is 0 Å². The minimum absolute atomic E-state index is 0.0173. The molecule has 0 unspecified atom stereocenters. The van der Waals surface area contributed by atoms with Crippen molar-refractivity contribution in [3.05, 3.63) is 48.3 Å². The van der Waals surface area contributed by atoms with Crippen molar-refractivity contribution in [3.8, 4) is 0 Å². The number of hydrogen-bond donors (Lipinski definition) is 1. The van der Waals surface area contributed by atoms with Crippen LogP contribution in [0.15, 0.2) is 36.9 Å². The molecule has 7 heteroatoms. The number of carbonyl (C=O) groups is 1. The second-order valence-electron chi connectivity index (χ2n) is 6.77. The van der Waals surface area contributed by atoms with Gasteiger partial charge in [-0.15, -0.1) is 0 Å². The Morgan fingerprint density at radius 1 is 1.36 bits per heavy atom. The molecule has 2 fully saturated rings. The number of ether oxygens (including phenoxy) is 1. The van der Waals surface area contributed by atoms with Crippen LogP contribution >= 0.6 is 0 Å². The highest BCUT2D eigenvalue weighted by atomic mass is 16.5. The third-order valence-electron chi connectivity index (χ3n) is 5.11. The van der Waals surface area contributed by atoms with Gasteiger partial charge in [0.25, 0.3) is 5.91 Å². The Morgan fingerprint density at radius 2 is 2.20 bits per heavy atom. The van der Waals surface area contributed by atoms with Gasteiger partial charge in [-0.1, -0.05) is 0 Å². The summed E-state index contributed by atoms with van der Waals surface area (Å²) < 4.78 is 7.77. The summed E-state index contributed by atoms with van der Waals surface area (Å²) >= 11 is 0. The molecule has 0 radical (unpaired) electrons. The van der Waals surface area contributed by atoms with Crippen LogP contribution in [0.25, 0.3) is 0 Å². The Balaban J connectivity index is 1.48. The van der Waals surface area contributed by atoms with Crippen LogP contribution in [-0.2, 0) is 18.3 Å². The van der Waals surface area contributed by atoms with Crippen molar-refractivity contribution >= 4 is 5.91 Å². The van der Waals surface area contributed by atoms with E-state index in [0.717, 1.165) is 32.5 Å². The monoisotopic (exact) mass is 341 g/mol. The summed E-state index contributed by atoms with van der Waals surface area (Å²) in [6.07, 6.45) is 9.26. The quantitative estimate of drug-likeness (QED) is 0.897. The van der Waals surface area contributed by atoms with Crippen molar-refractivity contribution in [2.45, 2.75) is 37.6 Å². The summed E-state index contributed by atoms with van der Waals surface area (Å²) in [5.74, 6) is 0.288. The lowest BCUT2D eigenvalue weighted by molar-refractivity contribution is -0.0211. The summed E-state index contributed by atoms with van der Waals surface area (Å²) in [6, 6.07) is 4.40. The first kappa shape index (κ1) is 16.2. The Kier molecular flexibility index (Phi) is 4.50. The molecule has 4 rings (SSSR count). The lowest BCUT2D eigenvalue weighted by atomic mass is 10.0. The topological polar surface area (TPSA) is 72.3 Å². The molecule has 2 aromatic heterocycles. The van der Waals surface area contributed by atoms with Crippen molar-refractivity contribution in [2.75, 3.05) is 13.2 Å². The molecule has 3 atom stereocenters. The smallest absolute Gasteiger partial charge is 0.287 e. The van der Waals surface area contributed by atoms with Crippen molar-refractivity contribution in [1.29, 1.82) is 0 Å². The van der Waals surface area contributed by atoms with Crippen molar-refractivity contribution in [1.82, 2.24) is 24.8 Å². The molecule has 0 aromatic carbocycles. The second-order valence-corrected chi connectivity index (χ2v) is 6.77. The Bertz CT molecular complexity index is 732. The fourth-order valence-electron chi connectivity index (χ4n) is 3.90. The minimum atomic E-state index is -0.142. The molecule has 132 valence electrons. The molecule has 0 bridgehead atoms. The van der Waals surface area contributed by atoms with E-state index in [1.165, 1.54) is 5.56 Å². The molecule has 4 heterocycles. The average molecular weight is 341 g/mol. The summed E-state index contributed by atoms with van der Waals surface area (Å²) in [4.78, 5) is 23.2. The molecule has 0 saturated carbocycles. The summed E-state index contributed by atoms with van der Waals surface area (Å²) in [6.45, 7) is 2.40. The number of imidazole rings is 1. The standard InChI is InChI=1S/C18H23N5O2/c1-22-9-8-20-17(22)18(24)21-14-12-23(11-13-4-6-19-7-5-13)15-3-2-10-25-16(14)15/h4-9,14-16H,2-3,10-12H2,1H3,(H,21,24)/t14-,15-,16-/m1/s1. The van der Waals surface area contributed by atoms with E-state index >= 15 is 0 Å². The number of nitrogens with one attached hydrogen (secondary N) is 1. The molecule has 7 nitrogen and oxygen atoms in total. The first-order valence-electron chi connectivity index (χ1n) is 8.75. The van der Waals surface area contributed by atoms with Crippen LogP contribution in [0.5, 0.6) is 0 Å². The molecular formula is C18H23N5O2. The van der Waals surface area contributed by atoms with Crippen LogP contribution in [-0.4, -0.2) is 56.7 Å². The first-order chi connectivity index (χ1) is 12.2. The number of fused-ring (bicyclic) bond motifs is 1. The lowest BCUT2D eigenvalue weighted by Crippen LogP contribution is -2.48. The summed E-state index contributed by atoms with van der Waals surface area (Å²) in [5, 5.41) is 3.14. The van der Waals surface area contributed by atoms with Gasteiger partial charge in [-0.25, -0.2) is 4.98 Å². The van der Waals surface area contributed by atoms with E-state index in [1.807, 2.05) is 31.6 Å². The molecule has 25 heavy (non-hydrogen) atoms. The normalized spacial score (nSPS) is 26.4. The summed E-state index contributed by atoms with van der Waals surface area (Å²) in [5.41, 5.74) is 1.23. The molecule has 2 aliphatic rings. The molecule has 2 aliphatic heterocycles. The van der Waals surface area contributed by atoms with Crippen molar-refractivity contribution in [2.24, 2.45) is 7.05 Å². The van der Waals surface area contributed by atoms with Crippen molar-refractivity contribution < 1.29 is 9.53 Å². The molecule has 2 saturated heterocycles. The van der Waals surface area contributed by atoms with Crippen LogP contribution in [0.3, 0.4) is 0 Å². The number of aromatic nitrogens is 3. The van der Waals surface area contributed by atoms with Gasteiger partial charge in [-0.3, -0.25) is 14.7 Å². The molecule has 2 aromatic rings. The highest BCUT2D eigenvalue weighted by Crippen LogP contribution is 2.30. The zero-order chi connectivity index (χ0) is 17.2. The number of hydrogen-bond acceptors (Lipinski definition) is 5. The number of pyridine rings is 1. The highest BCUT2D eigenvalue weighted by molar-refractivity contribution is 5.91. The van der Waals surface area contributed by atoms with Crippen LogP contribution in [0, 0.1) is 0 Å². The van der Waals surface area contributed by atoms with E-state index in [9.17, 15) is 4.79 Å². The van der Waals surface area contributed by atoms with Gasteiger partial charge in [-0.05, 0) is 30.5 Å². The first-order valence-corrected chi connectivity index (χ1v) is 8.75. The number of carbonyl (C=O) groups excluding carboxylic acids is 1. The number of likely N-dealkylation sites (tertiary alicyclic amines) is 1. The predicted molar refractivity (Wildman–Crippen MR) is 91.9 cm³/mol. The highest BCUT2D eigenvalue weighted by Gasteiger charge is 2.44. The maximum atomic E-state index is 12.5. The molecule has 1 amide bonds. The SMILES string of the molecule is Cn1ccnc1C(=O)N[C@@H]1CN(Cc2ccncc2)[C@@H]2CCCO[C@@H]21. The van der Waals surface area contributed by atoms with Crippen LogP contribution in [0.2, 0.25) is 0 Å². The van der Waals surface area contributed by atoms with Gasteiger partial charge in [0.05, 0.1) is 12.1 Å². The second kappa shape index (κ2) is 6.93. The number of amides is 1. The number of aryl methyl sites for hydroxylation is 1. The third-order valence-corrected chi connectivity index (χ3v) is 5.11. The Labute approximate surface area is 147 Å². The predicted octanol–water partition coefficient (Wildman–Crippen LogP) is 0.977. The maximum absolute atomic E-state index is 12.5.